The van der Waals surface area contributed by atoms with Gasteiger partial charge in [0.2, 0.25) is 5.43 Å². The average Bonchev–Trinajstić information content (AvgIpc) is 2.65. The van der Waals surface area contributed by atoms with Crippen molar-refractivity contribution in [2.75, 3.05) is 0 Å². The molecular formula is C23H26N2O2. The van der Waals surface area contributed by atoms with Gasteiger partial charge in [-0.2, -0.15) is 0 Å². The summed E-state index contributed by atoms with van der Waals surface area (Å²) in [5.41, 5.74) is 5.43. The summed E-state index contributed by atoms with van der Waals surface area (Å²) in [5, 5.41) is 3.58. The van der Waals surface area contributed by atoms with E-state index in [1.807, 2.05) is 43.5 Å². The summed E-state index contributed by atoms with van der Waals surface area (Å²) in [6.45, 7) is 10.8. The molecule has 2 aromatic carbocycles. The van der Waals surface area contributed by atoms with Crippen LogP contribution >= 0.6 is 0 Å². The zero-order valence-electron chi connectivity index (χ0n) is 16.6. The van der Waals surface area contributed by atoms with Gasteiger partial charge in [-0.15, -0.1) is 0 Å². The lowest BCUT2D eigenvalue weighted by Gasteiger charge is -2.19. The molecule has 3 aromatic rings. The van der Waals surface area contributed by atoms with Crippen LogP contribution in [0.3, 0.4) is 0 Å². The molecule has 0 saturated heterocycles. The highest BCUT2D eigenvalue weighted by atomic mass is 16.2. The first kappa shape index (κ1) is 18.9. The molecule has 140 valence electrons. The van der Waals surface area contributed by atoms with Gasteiger partial charge in [0.25, 0.3) is 5.91 Å². The van der Waals surface area contributed by atoms with E-state index in [1.54, 1.807) is 12.3 Å². The van der Waals surface area contributed by atoms with Gasteiger partial charge in [-0.3, -0.25) is 9.59 Å². The molecule has 0 saturated carbocycles. The summed E-state index contributed by atoms with van der Waals surface area (Å²) in [6.07, 6.45) is 1.67. The average molecular weight is 362 g/mol. The van der Waals surface area contributed by atoms with Crippen molar-refractivity contribution < 1.29 is 4.79 Å². The lowest BCUT2D eigenvalue weighted by atomic mass is 9.96. The van der Waals surface area contributed by atoms with E-state index >= 15 is 0 Å². The first-order valence-corrected chi connectivity index (χ1v) is 9.34. The number of carbonyl (C=O) groups is 1. The van der Waals surface area contributed by atoms with E-state index in [0.29, 0.717) is 11.9 Å². The Morgan fingerprint density at radius 3 is 2.44 bits per heavy atom. The molecule has 0 aliphatic carbocycles. The highest BCUT2D eigenvalue weighted by molar-refractivity contribution is 5.97. The summed E-state index contributed by atoms with van der Waals surface area (Å²) < 4.78 is 1.94. The first-order chi connectivity index (χ1) is 12.8. The maximum atomic E-state index is 12.9. The second-order valence-electron chi connectivity index (χ2n) is 7.16. The van der Waals surface area contributed by atoms with Crippen molar-refractivity contribution in [2.45, 2.75) is 47.2 Å². The first-order valence-electron chi connectivity index (χ1n) is 9.34. The molecule has 0 fully saturated rings. The van der Waals surface area contributed by atoms with E-state index in [9.17, 15) is 9.59 Å². The Balaban J connectivity index is 1.98. The number of carbonyl (C=O) groups excluding carboxylic acids is 1. The molecule has 3 rings (SSSR count). The molecule has 4 heteroatoms. The van der Waals surface area contributed by atoms with E-state index in [-0.39, 0.29) is 22.9 Å². The van der Waals surface area contributed by atoms with Crippen LogP contribution in [0.15, 0.2) is 47.4 Å². The van der Waals surface area contributed by atoms with Gasteiger partial charge in [0.1, 0.15) is 5.56 Å². The van der Waals surface area contributed by atoms with Gasteiger partial charge in [-0.25, -0.2) is 0 Å². The third-order valence-electron chi connectivity index (χ3n) is 5.27. The minimum atomic E-state index is -0.335. The molecule has 1 amide bonds. The van der Waals surface area contributed by atoms with Crippen molar-refractivity contribution in [3.8, 4) is 0 Å². The van der Waals surface area contributed by atoms with Crippen LogP contribution in [0, 0.1) is 20.8 Å². The van der Waals surface area contributed by atoms with Crippen LogP contribution in [0.4, 0.5) is 0 Å². The molecule has 0 unspecified atom stereocenters. The molecule has 0 bridgehead atoms. The summed E-state index contributed by atoms with van der Waals surface area (Å²) in [6, 6.07) is 11.5. The summed E-state index contributed by atoms with van der Waals surface area (Å²) >= 11 is 0. The fourth-order valence-corrected chi connectivity index (χ4v) is 3.57. The van der Waals surface area contributed by atoms with E-state index in [2.05, 4.69) is 31.3 Å². The zero-order chi connectivity index (χ0) is 19.7. The number of rotatable bonds is 4. The molecule has 0 aliphatic rings. The quantitative estimate of drug-likeness (QED) is 0.746. The van der Waals surface area contributed by atoms with Crippen LogP contribution < -0.4 is 10.7 Å². The molecule has 0 radical (unpaired) electrons. The van der Waals surface area contributed by atoms with E-state index in [1.165, 1.54) is 11.1 Å². The second kappa shape index (κ2) is 7.39. The molecule has 1 atom stereocenters. The minimum absolute atomic E-state index is 0.183. The SMILES string of the molecule is CCn1cc(C(=O)N[C@H](C)c2cc(C)c(C)cc2C)c(=O)c2ccccc21. The number of benzene rings is 2. The van der Waals surface area contributed by atoms with Crippen LogP contribution in [0.5, 0.6) is 0 Å². The van der Waals surface area contributed by atoms with Gasteiger partial charge in [0.15, 0.2) is 0 Å². The van der Waals surface area contributed by atoms with Gasteiger partial charge >= 0.3 is 0 Å². The van der Waals surface area contributed by atoms with Crippen molar-refractivity contribution in [3.63, 3.8) is 0 Å². The summed E-state index contributed by atoms with van der Waals surface area (Å²) in [4.78, 5) is 25.7. The van der Waals surface area contributed by atoms with Crippen molar-refractivity contribution in [2.24, 2.45) is 0 Å². The lowest BCUT2D eigenvalue weighted by molar-refractivity contribution is 0.0938. The number of pyridine rings is 1. The normalized spacial score (nSPS) is 12.2. The predicted octanol–water partition coefficient (Wildman–Crippen LogP) is 4.44. The van der Waals surface area contributed by atoms with Crippen molar-refractivity contribution in [1.29, 1.82) is 0 Å². The van der Waals surface area contributed by atoms with Crippen molar-refractivity contribution in [3.05, 3.63) is 80.6 Å². The third kappa shape index (κ3) is 3.52. The number of nitrogens with one attached hydrogen (secondary N) is 1. The number of nitrogens with zero attached hydrogens (tertiary/aromatic N) is 1. The number of para-hydroxylation sites is 1. The minimum Gasteiger partial charge on any atom is -0.347 e. The Morgan fingerprint density at radius 2 is 1.74 bits per heavy atom. The number of hydrogen-bond donors (Lipinski definition) is 1. The number of hydrogen-bond acceptors (Lipinski definition) is 2. The van der Waals surface area contributed by atoms with Gasteiger partial charge < -0.3 is 9.88 Å². The van der Waals surface area contributed by atoms with Gasteiger partial charge in [-0.1, -0.05) is 24.3 Å². The predicted molar refractivity (Wildman–Crippen MR) is 110 cm³/mol. The molecule has 27 heavy (non-hydrogen) atoms. The molecular weight excluding hydrogens is 336 g/mol. The fourth-order valence-electron chi connectivity index (χ4n) is 3.57. The summed E-state index contributed by atoms with van der Waals surface area (Å²) in [5.74, 6) is -0.335. The zero-order valence-corrected chi connectivity index (χ0v) is 16.6. The highest BCUT2D eigenvalue weighted by Crippen LogP contribution is 2.22. The molecule has 4 nitrogen and oxygen atoms in total. The Bertz CT molecular complexity index is 1080. The standard InChI is InChI=1S/C23H26N2O2/c1-6-25-13-20(22(26)18-9-7-8-10-21(18)25)23(27)24-17(5)19-12-15(3)14(2)11-16(19)4/h7-13,17H,6H2,1-5H3,(H,24,27)/t17-/m1/s1. The maximum Gasteiger partial charge on any atom is 0.257 e. The smallest absolute Gasteiger partial charge is 0.257 e. The van der Waals surface area contributed by atoms with Crippen LogP contribution in [-0.4, -0.2) is 10.5 Å². The van der Waals surface area contributed by atoms with Crippen LogP contribution in [0.1, 0.15) is 52.5 Å². The monoisotopic (exact) mass is 362 g/mol. The van der Waals surface area contributed by atoms with E-state index in [0.717, 1.165) is 16.6 Å². The number of aromatic nitrogens is 1. The lowest BCUT2D eigenvalue weighted by Crippen LogP contribution is -2.32. The molecule has 0 spiro atoms. The van der Waals surface area contributed by atoms with Crippen molar-refractivity contribution >= 4 is 16.8 Å². The Labute approximate surface area is 159 Å². The Morgan fingerprint density at radius 1 is 1.07 bits per heavy atom. The van der Waals surface area contributed by atoms with E-state index < -0.39 is 0 Å². The molecule has 1 N–H and O–H groups in total. The Hall–Kier alpha value is -2.88. The maximum absolute atomic E-state index is 12.9. The van der Waals surface area contributed by atoms with Gasteiger partial charge in [0.05, 0.1) is 11.6 Å². The fraction of sp³-hybridized carbons (Fsp3) is 0.304. The second-order valence-corrected chi connectivity index (χ2v) is 7.16. The topological polar surface area (TPSA) is 51.1 Å². The molecule has 0 aliphatic heterocycles. The van der Waals surface area contributed by atoms with Crippen molar-refractivity contribution in [1.82, 2.24) is 9.88 Å². The van der Waals surface area contributed by atoms with Gasteiger partial charge in [0, 0.05) is 18.1 Å². The number of amides is 1. The Kier molecular flexibility index (Phi) is 5.17. The largest absolute Gasteiger partial charge is 0.347 e. The molecule has 1 aromatic heterocycles. The molecule has 1 heterocycles. The number of fused-ring (bicyclic) bond motifs is 1. The third-order valence-corrected chi connectivity index (χ3v) is 5.27. The van der Waals surface area contributed by atoms with Gasteiger partial charge in [-0.05, 0) is 69.0 Å². The van der Waals surface area contributed by atoms with Crippen LogP contribution in [0.25, 0.3) is 10.9 Å². The van der Waals surface area contributed by atoms with Crippen LogP contribution in [-0.2, 0) is 6.54 Å². The highest BCUT2D eigenvalue weighted by Gasteiger charge is 2.18. The van der Waals surface area contributed by atoms with Crippen LogP contribution in [0.2, 0.25) is 0 Å². The summed E-state index contributed by atoms with van der Waals surface area (Å²) in [7, 11) is 0. The van der Waals surface area contributed by atoms with E-state index in [4.69, 9.17) is 0 Å². The number of aryl methyl sites for hydroxylation is 4.